The molecule has 4 rings (SSSR count). The summed E-state index contributed by atoms with van der Waals surface area (Å²) in [6, 6.07) is 9.18. The first kappa shape index (κ1) is 19.4. The lowest BCUT2D eigenvalue weighted by molar-refractivity contribution is 0.102. The number of anilines is 1. The van der Waals surface area contributed by atoms with Crippen LogP contribution in [0.15, 0.2) is 42.7 Å². The van der Waals surface area contributed by atoms with Crippen LogP contribution in [0.3, 0.4) is 0 Å². The lowest BCUT2D eigenvalue weighted by Crippen LogP contribution is -2.16. The van der Waals surface area contributed by atoms with Gasteiger partial charge in [-0.05, 0) is 19.1 Å². The van der Waals surface area contributed by atoms with Gasteiger partial charge in [-0.1, -0.05) is 12.1 Å². The summed E-state index contributed by atoms with van der Waals surface area (Å²) in [4.78, 5) is 17.2. The molecule has 0 aliphatic rings. The Bertz CT molecular complexity index is 1230. The standard InChI is InChI=1S/C21H22N6O3/c1-13-16-10-15(11-22-20(16)26(2)25-13)21(28)24-18-8-9-23-27(18)12-14-6-5-7-17(29-3)19(14)30-4/h5-11H,12H2,1-4H3,(H,24,28). The Balaban J connectivity index is 1.59. The molecule has 0 aliphatic heterocycles. The maximum Gasteiger partial charge on any atom is 0.258 e. The lowest BCUT2D eigenvalue weighted by atomic mass is 10.2. The fourth-order valence-electron chi connectivity index (χ4n) is 3.42. The van der Waals surface area contributed by atoms with Crippen molar-refractivity contribution >= 4 is 22.8 Å². The number of nitrogens with one attached hydrogen (secondary N) is 1. The van der Waals surface area contributed by atoms with Crippen LogP contribution in [0.4, 0.5) is 5.82 Å². The smallest absolute Gasteiger partial charge is 0.258 e. The van der Waals surface area contributed by atoms with Crippen molar-refractivity contribution in [3.05, 3.63) is 59.5 Å². The van der Waals surface area contributed by atoms with Crippen LogP contribution < -0.4 is 14.8 Å². The Morgan fingerprint density at radius 2 is 2.03 bits per heavy atom. The number of amides is 1. The molecular weight excluding hydrogens is 384 g/mol. The maximum atomic E-state index is 12.8. The number of hydrogen-bond donors (Lipinski definition) is 1. The van der Waals surface area contributed by atoms with E-state index in [4.69, 9.17) is 9.47 Å². The minimum absolute atomic E-state index is 0.271. The molecule has 1 amide bonds. The SMILES string of the molecule is COc1cccc(Cn2nccc2NC(=O)c2cnc3c(c2)c(C)nn3C)c1OC. The highest BCUT2D eigenvalue weighted by molar-refractivity contribution is 6.05. The number of rotatable bonds is 6. The van der Waals surface area contributed by atoms with E-state index in [1.165, 1.54) is 0 Å². The van der Waals surface area contributed by atoms with E-state index in [0.717, 1.165) is 22.3 Å². The molecule has 0 saturated heterocycles. The third-order valence-electron chi connectivity index (χ3n) is 4.89. The Kier molecular flexibility index (Phi) is 5.09. The van der Waals surface area contributed by atoms with Crippen molar-refractivity contribution in [1.82, 2.24) is 24.5 Å². The quantitative estimate of drug-likeness (QED) is 0.529. The molecule has 1 aromatic carbocycles. The highest BCUT2D eigenvalue weighted by Gasteiger charge is 2.16. The largest absolute Gasteiger partial charge is 0.493 e. The molecule has 154 valence electrons. The predicted octanol–water partition coefficient (Wildman–Crippen LogP) is 2.79. The van der Waals surface area contributed by atoms with Crippen LogP contribution in [0.1, 0.15) is 21.6 Å². The van der Waals surface area contributed by atoms with E-state index in [2.05, 4.69) is 20.5 Å². The second-order valence-corrected chi connectivity index (χ2v) is 6.79. The van der Waals surface area contributed by atoms with Gasteiger partial charge in [0.2, 0.25) is 0 Å². The minimum Gasteiger partial charge on any atom is -0.493 e. The van der Waals surface area contributed by atoms with E-state index in [-0.39, 0.29) is 5.91 Å². The Morgan fingerprint density at radius 3 is 2.80 bits per heavy atom. The summed E-state index contributed by atoms with van der Waals surface area (Å²) >= 11 is 0. The van der Waals surface area contributed by atoms with Crippen LogP contribution in [0.5, 0.6) is 11.5 Å². The molecule has 0 aliphatic carbocycles. The first-order chi connectivity index (χ1) is 14.5. The molecule has 1 N–H and O–H groups in total. The molecule has 0 unspecified atom stereocenters. The Morgan fingerprint density at radius 1 is 1.20 bits per heavy atom. The van der Waals surface area contributed by atoms with Crippen LogP contribution in [0.25, 0.3) is 11.0 Å². The molecule has 0 saturated carbocycles. The number of ether oxygens (including phenoxy) is 2. The summed E-state index contributed by atoms with van der Waals surface area (Å²) in [5.74, 6) is 1.56. The molecule has 9 nitrogen and oxygen atoms in total. The average molecular weight is 406 g/mol. The molecule has 3 heterocycles. The van der Waals surface area contributed by atoms with Crippen molar-refractivity contribution in [2.75, 3.05) is 19.5 Å². The maximum absolute atomic E-state index is 12.8. The third-order valence-corrected chi connectivity index (χ3v) is 4.89. The highest BCUT2D eigenvalue weighted by Crippen LogP contribution is 2.31. The van der Waals surface area contributed by atoms with Gasteiger partial charge in [0.1, 0.15) is 5.82 Å². The summed E-state index contributed by atoms with van der Waals surface area (Å²) in [7, 11) is 5.01. The molecule has 0 bridgehead atoms. The van der Waals surface area contributed by atoms with Gasteiger partial charge >= 0.3 is 0 Å². The van der Waals surface area contributed by atoms with Crippen LogP contribution in [-0.2, 0) is 13.6 Å². The van der Waals surface area contributed by atoms with Gasteiger partial charge < -0.3 is 14.8 Å². The van der Waals surface area contributed by atoms with E-state index in [1.807, 2.05) is 32.2 Å². The van der Waals surface area contributed by atoms with E-state index in [0.29, 0.717) is 29.4 Å². The summed E-state index contributed by atoms with van der Waals surface area (Å²) in [5.41, 5.74) is 2.89. The van der Waals surface area contributed by atoms with Gasteiger partial charge in [0.05, 0.1) is 38.2 Å². The first-order valence-corrected chi connectivity index (χ1v) is 9.34. The van der Waals surface area contributed by atoms with Crippen LogP contribution in [0.2, 0.25) is 0 Å². The van der Waals surface area contributed by atoms with Gasteiger partial charge in [0.15, 0.2) is 17.1 Å². The molecule has 0 atom stereocenters. The van der Waals surface area contributed by atoms with Crippen LogP contribution in [-0.4, -0.2) is 44.7 Å². The lowest BCUT2D eigenvalue weighted by Gasteiger charge is -2.14. The van der Waals surface area contributed by atoms with E-state index >= 15 is 0 Å². The van der Waals surface area contributed by atoms with Gasteiger partial charge in [0.25, 0.3) is 5.91 Å². The second kappa shape index (κ2) is 7.86. The number of pyridine rings is 1. The predicted molar refractivity (Wildman–Crippen MR) is 112 cm³/mol. The Labute approximate surface area is 173 Å². The van der Waals surface area contributed by atoms with Crippen LogP contribution >= 0.6 is 0 Å². The fourth-order valence-corrected chi connectivity index (χ4v) is 3.42. The van der Waals surface area contributed by atoms with Crippen molar-refractivity contribution in [1.29, 1.82) is 0 Å². The van der Waals surface area contributed by atoms with Crippen molar-refractivity contribution in [2.45, 2.75) is 13.5 Å². The molecule has 30 heavy (non-hydrogen) atoms. The summed E-state index contributed by atoms with van der Waals surface area (Å²) in [6.45, 7) is 2.30. The fraction of sp³-hybridized carbons (Fsp3) is 0.238. The zero-order valence-corrected chi connectivity index (χ0v) is 17.2. The first-order valence-electron chi connectivity index (χ1n) is 9.34. The Hall–Kier alpha value is -3.88. The molecule has 0 spiro atoms. The molecule has 0 fully saturated rings. The number of carbonyl (C=O) groups excluding carboxylic acids is 1. The van der Waals surface area contributed by atoms with Crippen molar-refractivity contribution < 1.29 is 14.3 Å². The number of hydrogen-bond acceptors (Lipinski definition) is 6. The van der Waals surface area contributed by atoms with E-state index < -0.39 is 0 Å². The summed E-state index contributed by atoms with van der Waals surface area (Å²) in [6.07, 6.45) is 3.18. The average Bonchev–Trinajstić information content (AvgIpc) is 3.30. The summed E-state index contributed by atoms with van der Waals surface area (Å²) in [5, 5.41) is 12.4. The van der Waals surface area contributed by atoms with Crippen LogP contribution in [0, 0.1) is 6.92 Å². The zero-order chi connectivity index (χ0) is 21.3. The normalized spacial score (nSPS) is 10.9. The number of methoxy groups -OCH3 is 2. The third kappa shape index (κ3) is 3.45. The van der Waals surface area contributed by atoms with Gasteiger partial charge in [-0.3, -0.25) is 9.48 Å². The number of aromatic nitrogens is 5. The monoisotopic (exact) mass is 406 g/mol. The van der Waals surface area contributed by atoms with Gasteiger partial charge in [-0.15, -0.1) is 0 Å². The number of carbonyl (C=O) groups is 1. The van der Waals surface area contributed by atoms with Crippen molar-refractivity contribution in [2.24, 2.45) is 7.05 Å². The number of aryl methyl sites for hydroxylation is 2. The van der Waals surface area contributed by atoms with E-state index in [1.54, 1.807) is 48.1 Å². The highest BCUT2D eigenvalue weighted by atomic mass is 16.5. The number of para-hydroxylation sites is 1. The molecule has 4 aromatic rings. The number of fused-ring (bicyclic) bond motifs is 1. The minimum atomic E-state index is -0.271. The number of benzene rings is 1. The second-order valence-electron chi connectivity index (χ2n) is 6.79. The van der Waals surface area contributed by atoms with Crippen molar-refractivity contribution in [3.8, 4) is 11.5 Å². The van der Waals surface area contributed by atoms with Gasteiger partial charge in [-0.25, -0.2) is 9.67 Å². The number of nitrogens with zero attached hydrogens (tertiary/aromatic N) is 5. The molecule has 9 heteroatoms. The van der Waals surface area contributed by atoms with Crippen molar-refractivity contribution in [3.63, 3.8) is 0 Å². The molecule has 0 radical (unpaired) electrons. The zero-order valence-electron chi connectivity index (χ0n) is 17.2. The summed E-state index contributed by atoms with van der Waals surface area (Å²) < 4.78 is 14.2. The van der Waals surface area contributed by atoms with Gasteiger partial charge in [-0.2, -0.15) is 10.2 Å². The molecular formula is C21H22N6O3. The topological polar surface area (TPSA) is 96.1 Å². The van der Waals surface area contributed by atoms with E-state index in [9.17, 15) is 4.79 Å². The van der Waals surface area contributed by atoms with Gasteiger partial charge in [0, 0.05) is 30.3 Å². The molecule has 3 aromatic heterocycles.